The molecule has 0 spiro atoms. The van der Waals surface area contributed by atoms with Crippen LogP contribution in [-0.4, -0.2) is 27.7 Å². The van der Waals surface area contributed by atoms with Gasteiger partial charge in [-0.15, -0.1) is 0 Å². The van der Waals surface area contributed by atoms with Gasteiger partial charge < -0.3 is 20.2 Å². The molecular formula is C13H16N4O2. The van der Waals surface area contributed by atoms with Crippen LogP contribution in [0.15, 0.2) is 35.7 Å². The molecule has 0 saturated heterocycles. The van der Waals surface area contributed by atoms with E-state index in [4.69, 9.17) is 15.7 Å². The summed E-state index contributed by atoms with van der Waals surface area (Å²) in [5.74, 6) is 1.63. The molecule has 0 aliphatic carbocycles. The van der Waals surface area contributed by atoms with Crippen molar-refractivity contribution in [3.63, 3.8) is 0 Å². The fourth-order valence-corrected chi connectivity index (χ4v) is 1.92. The van der Waals surface area contributed by atoms with E-state index in [0.717, 1.165) is 17.9 Å². The number of aromatic nitrogens is 2. The number of methoxy groups -OCH3 is 1. The molecule has 100 valence electrons. The maximum Gasteiger partial charge on any atom is 0.172 e. The summed E-state index contributed by atoms with van der Waals surface area (Å²) in [5.41, 5.74) is 7.10. The van der Waals surface area contributed by atoms with Crippen LogP contribution in [-0.2, 0) is 6.42 Å². The maximum atomic E-state index is 8.87. The Morgan fingerprint density at radius 1 is 1.53 bits per heavy atom. The van der Waals surface area contributed by atoms with E-state index in [9.17, 15) is 0 Å². The minimum absolute atomic E-state index is 0.0495. The van der Waals surface area contributed by atoms with Crippen molar-refractivity contribution in [3.05, 3.63) is 42.0 Å². The first kappa shape index (κ1) is 12.9. The third-order valence-electron chi connectivity index (χ3n) is 2.88. The maximum absolute atomic E-state index is 8.87. The Balaban J connectivity index is 2.65. The van der Waals surface area contributed by atoms with Crippen molar-refractivity contribution in [3.8, 4) is 11.4 Å². The van der Waals surface area contributed by atoms with Gasteiger partial charge in [-0.2, -0.15) is 0 Å². The molecule has 0 bridgehead atoms. The van der Waals surface area contributed by atoms with E-state index in [1.807, 2.05) is 23.8 Å². The molecule has 1 aromatic heterocycles. The molecule has 0 unspecified atom stereocenters. The lowest BCUT2D eigenvalue weighted by atomic mass is 10.1. The summed E-state index contributed by atoms with van der Waals surface area (Å²) in [4.78, 5) is 4.27. The van der Waals surface area contributed by atoms with Crippen molar-refractivity contribution in [1.82, 2.24) is 9.55 Å². The van der Waals surface area contributed by atoms with E-state index in [1.54, 1.807) is 25.4 Å². The van der Waals surface area contributed by atoms with Crippen LogP contribution in [0.1, 0.15) is 18.3 Å². The molecule has 0 aliphatic rings. The smallest absolute Gasteiger partial charge is 0.172 e. The number of hydrogen-bond acceptors (Lipinski definition) is 4. The fourth-order valence-electron chi connectivity index (χ4n) is 1.92. The SMILES string of the molecule is CCc1nccn1-c1cc(OC)ccc1/C(N)=N/O. The summed E-state index contributed by atoms with van der Waals surface area (Å²) in [5, 5.41) is 11.9. The zero-order valence-electron chi connectivity index (χ0n) is 10.9. The summed E-state index contributed by atoms with van der Waals surface area (Å²) >= 11 is 0. The van der Waals surface area contributed by atoms with Crippen LogP contribution >= 0.6 is 0 Å². The number of rotatable bonds is 4. The van der Waals surface area contributed by atoms with Gasteiger partial charge in [-0.3, -0.25) is 0 Å². The lowest BCUT2D eigenvalue weighted by Crippen LogP contribution is -2.17. The average Bonchev–Trinajstić information content (AvgIpc) is 2.94. The van der Waals surface area contributed by atoms with Gasteiger partial charge in [-0.25, -0.2) is 4.98 Å². The van der Waals surface area contributed by atoms with E-state index in [1.165, 1.54) is 0 Å². The summed E-state index contributed by atoms with van der Waals surface area (Å²) in [6, 6.07) is 5.34. The molecule has 0 amide bonds. The van der Waals surface area contributed by atoms with Crippen LogP contribution in [0.3, 0.4) is 0 Å². The van der Waals surface area contributed by atoms with Gasteiger partial charge in [0, 0.05) is 30.4 Å². The van der Waals surface area contributed by atoms with Crippen molar-refractivity contribution in [2.24, 2.45) is 10.9 Å². The van der Waals surface area contributed by atoms with Gasteiger partial charge in [0.05, 0.1) is 12.8 Å². The number of imidazole rings is 1. The van der Waals surface area contributed by atoms with Crippen molar-refractivity contribution in [1.29, 1.82) is 0 Å². The highest BCUT2D eigenvalue weighted by atomic mass is 16.5. The number of amidine groups is 1. The third kappa shape index (κ3) is 2.37. The molecular weight excluding hydrogens is 244 g/mol. The highest BCUT2D eigenvalue weighted by Crippen LogP contribution is 2.22. The van der Waals surface area contributed by atoms with Gasteiger partial charge in [0.2, 0.25) is 0 Å². The largest absolute Gasteiger partial charge is 0.497 e. The van der Waals surface area contributed by atoms with Crippen LogP contribution in [0.25, 0.3) is 5.69 Å². The molecule has 19 heavy (non-hydrogen) atoms. The summed E-state index contributed by atoms with van der Waals surface area (Å²) in [6.07, 6.45) is 4.33. The Hall–Kier alpha value is -2.50. The molecule has 0 saturated carbocycles. The minimum atomic E-state index is 0.0495. The van der Waals surface area contributed by atoms with E-state index < -0.39 is 0 Å². The topological polar surface area (TPSA) is 85.7 Å². The van der Waals surface area contributed by atoms with E-state index >= 15 is 0 Å². The summed E-state index contributed by atoms with van der Waals surface area (Å²) < 4.78 is 7.12. The van der Waals surface area contributed by atoms with Gasteiger partial charge in [0.15, 0.2) is 5.84 Å². The van der Waals surface area contributed by atoms with Gasteiger partial charge in [0.1, 0.15) is 11.6 Å². The second kappa shape index (κ2) is 5.43. The average molecular weight is 260 g/mol. The Morgan fingerprint density at radius 3 is 2.95 bits per heavy atom. The molecule has 0 atom stereocenters. The van der Waals surface area contributed by atoms with Crippen LogP contribution in [0.4, 0.5) is 0 Å². The molecule has 6 nitrogen and oxygen atoms in total. The quantitative estimate of drug-likeness (QED) is 0.378. The molecule has 2 rings (SSSR count). The number of nitrogens with zero attached hydrogens (tertiary/aromatic N) is 3. The highest BCUT2D eigenvalue weighted by Gasteiger charge is 2.12. The number of benzene rings is 1. The molecule has 1 aromatic carbocycles. The van der Waals surface area contributed by atoms with Crippen molar-refractivity contribution >= 4 is 5.84 Å². The predicted molar refractivity (Wildman–Crippen MR) is 72.0 cm³/mol. The number of hydrogen-bond donors (Lipinski definition) is 2. The monoisotopic (exact) mass is 260 g/mol. The van der Waals surface area contributed by atoms with Gasteiger partial charge in [0.25, 0.3) is 0 Å². The first-order valence-corrected chi connectivity index (χ1v) is 5.89. The summed E-state index contributed by atoms with van der Waals surface area (Å²) in [7, 11) is 1.59. The van der Waals surface area contributed by atoms with Crippen LogP contribution in [0.5, 0.6) is 5.75 Å². The molecule has 6 heteroatoms. The van der Waals surface area contributed by atoms with Gasteiger partial charge in [-0.05, 0) is 12.1 Å². The zero-order valence-corrected chi connectivity index (χ0v) is 10.9. The predicted octanol–water partition coefficient (Wildman–Crippen LogP) is 1.54. The zero-order chi connectivity index (χ0) is 13.8. The van der Waals surface area contributed by atoms with Crippen LogP contribution in [0, 0.1) is 0 Å². The second-order valence-corrected chi connectivity index (χ2v) is 3.94. The molecule has 1 heterocycles. The van der Waals surface area contributed by atoms with Crippen LogP contribution < -0.4 is 10.5 Å². The standard InChI is InChI=1S/C13H16N4O2/c1-3-12-15-6-7-17(12)11-8-9(19-2)4-5-10(11)13(14)16-18/h4-8,18H,3H2,1-2H3,(H2,14,16). The fraction of sp³-hybridized carbons (Fsp3) is 0.231. The third-order valence-corrected chi connectivity index (χ3v) is 2.88. The number of aryl methyl sites for hydroxylation is 1. The Morgan fingerprint density at radius 2 is 2.32 bits per heavy atom. The first-order chi connectivity index (χ1) is 9.21. The number of nitrogens with two attached hydrogens (primary N) is 1. The normalized spacial score (nSPS) is 11.6. The Bertz CT molecular complexity index is 604. The Kier molecular flexibility index (Phi) is 3.70. The summed E-state index contributed by atoms with van der Waals surface area (Å²) in [6.45, 7) is 2.02. The highest BCUT2D eigenvalue weighted by molar-refractivity contribution is 6.00. The molecule has 2 aromatic rings. The molecule has 0 aliphatic heterocycles. The van der Waals surface area contributed by atoms with E-state index in [0.29, 0.717) is 11.3 Å². The first-order valence-electron chi connectivity index (χ1n) is 5.89. The lowest BCUT2D eigenvalue weighted by Gasteiger charge is -2.13. The van der Waals surface area contributed by atoms with Crippen molar-refractivity contribution < 1.29 is 9.94 Å². The van der Waals surface area contributed by atoms with Crippen molar-refractivity contribution in [2.75, 3.05) is 7.11 Å². The second-order valence-electron chi connectivity index (χ2n) is 3.94. The lowest BCUT2D eigenvalue weighted by molar-refractivity contribution is 0.318. The Labute approximate surface area is 111 Å². The number of ether oxygens (including phenoxy) is 1. The molecule has 0 fully saturated rings. The van der Waals surface area contributed by atoms with Crippen LogP contribution in [0.2, 0.25) is 0 Å². The van der Waals surface area contributed by atoms with Gasteiger partial charge in [-0.1, -0.05) is 12.1 Å². The minimum Gasteiger partial charge on any atom is -0.497 e. The molecule has 3 N–H and O–H groups in total. The van der Waals surface area contributed by atoms with E-state index in [2.05, 4.69) is 10.1 Å². The van der Waals surface area contributed by atoms with Gasteiger partial charge >= 0.3 is 0 Å². The molecule has 0 radical (unpaired) electrons. The van der Waals surface area contributed by atoms with E-state index in [-0.39, 0.29) is 5.84 Å². The number of oxime groups is 1. The van der Waals surface area contributed by atoms with Crippen molar-refractivity contribution in [2.45, 2.75) is 13.3 Å².